The number of halogens is 2. The SMILES string of the molecule is COc1ccc2c(ccn2S(=O)(=O)c2ccc(F)c(Cl)c2)c1CN(C)C. The molecule has 0 bridgehead atoms. The van der Waals surface area contributed by atoms with E-state index in [1.165, 1.54) is 16.2 Å². The highest BCUT2D eigenvalue weighted by atomic mass is 35.5. The molecule has 1 aromatic heterocycles. The molecule has 3 rings (SSSR count). The van der Waals surface area contributed by atoms with E-state index in [4.69, 9.17) is 16.3 Å². The summed E-state index contributed by atoms with van der Waals surface area (Å²) in [7, 11) is 1.51. The molecular weight excluding hydrogens is 379 g/mol. The van der Waals surface area contributed by atoms with Crippen LogP contribution < -0.4 is 4.74 Å². The predicted molar refractivity (Wildman–Crippen MR) is 99.9 cm³/mol. The molecule has 3 aromatic rings. The van der Waals surface area contributed by atoms with Crippen LogP contribution in [0.1, 0.15) is 5.56 Å². The number of hydrogen-bond donors (Lipinski definition) is 0. The van der Waals surface area contributed by atoms with Crippen molar-refractivity contribution in [3.8, 4) is 5.75 Å². The maximum Gasteiger partial charge on any atom is 0.268 e. The van der Waals surface area contributed by atoms with Crippen molar-refractivity contribution in [2.75, 3.05) is 21.2 Å². The van der Waals surface area contributed by atoms with Crippen LogP contribution in [0.3, 0.4) is 0 Å². The van der Waals surface area contributed by atoms with Crippen molar-refractivity contribution in [1.82, 2.24) is 8.87 Å². The smallest absolute Gasteiger partial charge is 0.268 e. The Morgan fingerprint density at radius 1 is 1.19 bits per heavy atom. The van der Waals surface area contributed by atoms with Crippen LogP contribution >= 0.6 is 11.6 Å². The summed E-state index contributed by atoms with van der Waals surface area (Å²) in [6.45, 7) is 0.590. The lowest BCUT2D eigenvalue weighted by Crippen LogP contribution is -2.13. The van der Waals surface area contributed by atoms with Crippen molar-refractivity contribution in [2.24, 2.45) is 0 Å². The van der Waals surface area contributed by atoms with Crippen LogP contribution in [0.5, 0.6) is 5.75 Å². The Bertz CT molecular complexity index is 1080. The number of methoxy groups -OCH3 is 1. The Morgan fingerprint density at radius 3 is 2.54 bits per heavy atom. The van der Waals surface area contributed by atoms with Gasteiger partial charge in [0.25, 0.3) is 10.0 Å². The average Bonchev–Trinajstić information content (AvgIpc) is 3.02. The summed E-state index contributed by atoms with van der Waals surface area (Å²) in [5.74, 6) is 0.0205. The second-order valence-electron chi connectivity index (χ2n) is 6.11. The van der Waals surface area contributed by atoms with E-state index in [0.29, 0.717) is 17.8 Å². The van der Waals surface area contributed by atoms with E-state index in [2.05, 4.69) is 0 Å². The van der Waals surface area contributed by atoms with Crippen LogP contribution in [0.25, 0.3) is 10.9 Å². The minimum absolute atomic E-state index is 0.0774. The van der Waals surface area contributed by atoms with Crippen molar-refractivity contribution >= 4 is 32.5 Å². The summed E-state index contributed by atoms with van der Waals surface area (Å²) >= 11 is 5.75. The Hall–Kier alpha value is -2.09. The molecule has 0 fully saturated rings. The minimum atomic E-state index is -3.92. The summed E-state index contributed by atoms with van der Waals surface area (Å²) in [6.07, 6.45) is 1.48. The van der Waals surface area contributed by atoms with E-state index in [0.717, 1.165) is 23.1 Å². The van der Waals surface area contributed by atoms with E-state index >= 15 is 0 Å². The molecule has 0 aliphatic carbocycles. The third kappa shape index (κ3) is 3.18. The molecule has 138 valence electrons. The van der Waals surface area contributed by atoms with Crippen LogP contribution in [0.2, 0.25) is 5.02 Å². The second kappa shape index (κ2) is 6.90. The van der Waals surface area contributed by atoms with Crippen LogP contribution in [0.4, 0.5) is 4.39 Å². The molecule has 5 nitrogen and oxygen atoms in total. The van der Waals surface area contributed by atoms with Gasteiger partial charge in [-0.05, 0) is 50.5 Å². The molecule has 26 heavy (non-hydrogen) atoms. The highest BCUT2D eigenvalue weighted by Crippen LogP contribution is 2.32. The first-order chi connectivity index (χ1) is 12.3. The summed E-state index contributed by atoms with van der Waals surface area (Å²) in [5, 5.41) is 0.535. The van der Waals surface area contributed by atoms with Gasteiger partial charge in [-0.15, -0.1) is 0 Å². The van der Waals surface area contributed by atoms with Gasteiger partial charge in [0.05, 0.1) is 22.5 Å². The first kappa shape index (κ1) is 18.7. The fraction of sp³-hybridized carbons (Fsp3) is 0.222. The molecule has 0 aliphatic rings. The van der Waals surface area contributed by atoms with Crippen molar-refractivity contribution < 1.29 is 17.5 Å². The number of ether oxygens (including phenoxy) is 1. The molecular formula is C18H18ClFN2O3S. The average molecular weight is 397 g/mol. The molecule has 8 heteroatoms. The van der Waals surface area contributed by atoms with Crippen LogP contribution in [0.15, 0.2) is 47.5 Å². The summed E-state index contributed by atoms with van der Waals surface area (Å²) in [4.78, 5) is 1.90. The van der Waals surface area contributed by atoms with E-state index in [1.54, 1.807) is 25.3 Å². The van der Waals surface area contributed by atoms with Gasteiger partial charge < -0.3 is 9.64 Å². The number of rotatable bonds is 5. The third-order valence-electron chi connectivity index (χ3n) is 4.05. The van der Waals surface area contributed by atoms with Gasteiger partial charge in [-0.3, -0.25) is 0 Å². The number of benzene rings is 2. The molecule has 0 spiro atoms. The first-order valence-electron chi connectivity index (χ1n) is 7.78. The third-order valence-corrected chi connectivity index (χ3v) is 6.02. The largest absolute Gasteiger partial charge is 0.496 e. The second-order valence-corrected chi connectivity index (χ2v) is 8.33. The highest BCUT2D eigenvalue weighted by molar-refractivity contribution is 7.90. The lowest BCUT2D eigenvalue weighted by Gasteiger charge is -2.15. The molecule has 0 saturated carbocycles. The maximum atomic E-state index is 13.4. The van der Waals surface area contributed by atoms with Crippen molar-refractivity contribution in [1.29, 1.82) is 0 Å². The normalized spacial score (nSPS) is 12.1. The molecule has 0 radical (unpaired) electrons. The van der Waals surface area contributed by atoms with E-state index in [-0.39, 0.29) is 9.92 Å². The molecule has 0 unspecified atom stereocenters. The van der Waals surface area contributed by atoms with Crippen molar-refractivity contribution in [2.45, 2.75) is 11.4 Å². The predicted octanol–water partition coefficient (Wildman–Crippen LogP) is 3.74. The Kier molecular flexibility index (Phi) is 4.96. The minimum Gasteiger partial charge on any atom is -0.496 e. The number of aromatic nitrogens is 1. The molecule has 0 amide bonds. The Labute approximate surface area is 156 Å². The summed E-state index contributed by atoms with van der Waals surface area (Å²) in [5.41, 5.74) is 1.41. The van der Waals surface area contributed by atoms with E-state index in [1.807, 2.05) is 19.0 Å². The van der Waals surface area contributed by atoms with Gasteiger partial charge >= 0.3 is 0 Å². The quantitative estimate of drug-likeness (QED) is 0.659. The fourth-order valence-corrected chi connectivity index (χ4v) is 4.48. The number of fused-ring (bicyclic) bond motifs is 1. The van der Waals surface area contributed by atoms with Gasteiger partial charge in [0.15, 0.2) is 0 Å². The van der Waals surface area contributed by atoms with Crippen LogP contribution in [-0.4, -0.2) is 38.5 Å². The van der Waals surface area contributed by atoms with Gasteiger partial charge in [-0.1, -0.05) is 11.6 Å². The van der Waals surface area contributed by atoms with Gasteiger partial charge in [-0.25, -0.2) is 16.8 Å². The lowest BCUT2D eigenvalue weighted by atomic mass is 10.1. The summed E-state index contributed by atoms with van der Waals surface area (Å²) in [6, 6.07) is 8.52. The zero-order valence-electron chi connectivity index (χ0n) is 14.5. The molecule has 0 aliphatic heterocycles. The number of nitrogens with zero attached hydrogens (tertiary/aromatic N) is 2. The molecule has 0 saturated heterocycles. The highest BCUT2D eigenvalue weighted by Gasteiger charge is 2.22. The van der Waals surface area contributed by atoms with E-state index in [9.17, 15) is 12.8 Å². The van der Waals surface area contributed by atoms with Gasteiger partial charge in [0.1, 0.15) is 11.6 Å². The van der Waals surface area contributed by atoms with Gasteiger partial charge in [0.2, 0.25) is 0 Å². The lowest BCUT2D eigenvalue weighted by molar-refractivity contribution is 0.374. The van der Waals surface area contributed by atoms with Crippen LogP contribution in [-0.2, 0) is 16.6 Å². The molecule has 0 atom stereocenters. The number of hydrogen-bond acceptors (Lipinski definition) is 4. The molecule has 2 aromatic carbocycles. The zero-order chi connectivity index (χ0) is 19.1. The topological polar surface area (TPSA) is 51.5 Å². The Morgan fingerprint density at radius 2 is 1.92 bits per heavy atom. The fourth-order valence-electron chi connectivity index (χ4n) is 2.86. The van der Waals surface area contributed by atoms with Gasteiger partial charge in [0, 0.05) is 23.7 Å². The standard InChI is InChI=1S/C18H18ClFN2O3S/c1-21(2)11-14-13-8-9-22(17(13)6-7-18(14)25-3)26(23,24)12-4-5-16(20)15(19)10-12/h4-10H,11H2,1-3H3. The van der Waals surface area contributed by atoms with Gasteiger partial charge in [-0.2, -0.15) is 0 Å². The maximum absolute atomic E-state index is 13.4. The first-order valence-corrected chi connectivity index (χ1v) is 9.60. The molecule has 0 N–H and O–H groups in total. The monoisotopic (exact) mass is 396 g/mol. The molecule has 1 heterocycles. The summed E-state index contributed by atoms with van der Waals surface area (Å²) < 4.78 is 46.0. The van der Waals surface area contributed by atoms with Crippen molar-refractivity contribution in [3.05, 3.63) is 59.0 Å². The van der Waals surface area contributed by atoms with Crippen LogP contribution in [0, 0.1) is 5.82 Å². The Balaban J connectivity index is 2.21. The van der Waals surface area contributed by atoms with Crippen molar-refractivity contribution in [3.63, 3.8) is 0 Å². The van der Waals surface area contributed by atoms with E-state index < -0.39 is 15.8 Å². The zero-order valence-corrected chi connectivity index (χ0v) is 16.1.